The van der Waals surface area contributed by atoms with Crippen molar-refractivity contribution in [1.29, 1.82) is 0 Å². The number of amides is 1. The van der Waals surface area contributed by atoms with E-state index in [1.807, 2.05) is 57.2 Å². The summed E-state index contributed by atoms with van der Waals surface area (Å²) in [6.45, 7) is 12.3. The van der Waals surface area contributed by atoms with E-state index in [1.165, 1.54) is 0 Å². The highest BCUT2D eigenvalue weighted by Gasteiger charge is 2.50. The van der Waals surface area contributed by atoms with Gasteiger partial charge in [0.25, 0.3) is 0 Å². The predicted octanol–water partition coefficient (Wildman–Crippen LogP) is 5.46. The quantitative estimate of drug-likeness (QED) is 0.383. The number of carbonyl (C=O) groups is 2. The molecule has 1 heterocycles. The molecule has 1 fully saturated rings. The molecule has 6 heteroatoms. The highest BCUT2D eigenvalue weighted by Crippen LogP contribution is 2.37. The summed E-state index contributed by atoms with van der Waals surface area (Å²) in [4.78, 5) is 27.3. The lowest BCUT2D eigenvalue weighted by Crippen LogP contribution is -2.48. The third kappa shape index (κ3) is 6.82. The zero-order valence-electron chi connectivity index (χ0n) is 19.7. The van der Waals surface area contributed by atoms with Crippen LogP contribution in [0.3, 0.4) is 0 Å². The van der Waals surface area contributed by atoms with E-state index in [1.54, 1.807) is 11.8 Å². The van der Waals surface area contributed by atoms with Gasteiger partial charge in [0, 0.05) is 5.57 Å². The lowest BCUT2D eigenvalue weighted by molar-refractivity contribution is -0.138. The normalized spacial score (nSPS) is 20.7. The molecule has 0 bridgehead atoms. The first-order chi connectivity index (χ1) is 14.7. The molecule has 2 rings (SSSR count). The maximum absolute atomic E-state index is 13.1. The van der Waals surface area contributed by atoms with Crippen LogP contribution in [0.1, 0.15) is 66.4 Å². The molecule has 1 aliphatic heterocycles. The molecule has 1 aliphatic rings. The molecule has 172 valence electrons. The Morgan fingerprint density at radius 1 is 1.16 bits per heavy atom. The van der Waals surface area contributed by atoms with Gasteiger partial charge in [-0.25, -0.2) is 9.59 Å². The number of esters is 1. The second-order valence-corrected chi connectivity index (χ2v) is 8.80. The van der Waals surface area contributed by atoms with Crippen LogP contribution in [-0.4, -0.2) is 41.4 Å². The number of rotatable bonds is 9. The molecule has 1 aromatic carbocycles. The van der Waals surface area contributed by atoms with Crippen LogP contribution in [0.4, 0.5) is 4.79 Å². The number of carbonyl (C=O) groups excluding carboxylic acids is 2. The first-order valence-electron chi connectivity index (χ1n) is 11.2. The van der Waals surface area contributed by atoms with E-state index in [0.29, 0.717) is 24.5 Å². The van der Waals surface area contributed by atoms with E-state index in [4.69, 9.17) is 14.2 Å². The zero-order valence-corrected chi connectivity index (χ0v) is 19.7. The Hall–Kier alpha value is -2.34. The molecule has 0 N–H and O–H groups in total. The van der Waals surface area contributed by atoms with E-state index in [2.05, 4.69) is 13.8 Å². The minimum Gasteiger partial charge on any atom is -0.463 e. The molecule has 0 saturated carbocycles. The summed E-state index contributed by atoms with van der Waals surface area (Å²) in [6.07, 6.45) is 3.18. The minimum absolute atomic E-state index is 0.199. The topological polar surface area (TPSA) is 65.1 Å². The highest BCUT2D eigenvalue weighted by atomic mass is 16.6. The average Bonchev–Trinajstić information content (AvgIpc) is 2.95. The van der Waals surface area contributed by atoms with Gasteiger partial charge in [-0.3, -0.25) is 4.90 Å². The van der Waals surface area contributed by atoms with E-state index in [-0.39, 0.29) is 18.6 Å². The molecule has 0 radical (unpaired) electrons. The lowest BCUT2D eigenvalue weighted by Gasteiger charge is -2.33. The fourth-order valence-electron chi connectivity index (χ4n) is 3.97. The van der Waals surface area contributed by atoms with Crippen molar-refractivity contribution in [2.45, 2.75) is 85.3 Å². The maximum atomic E-state index is 13.1. The first-order valence-corrected chi connectivity index (χ1v) is 11.2. The molecule has 1 amide bonds. The molecule has 1 saturated heterocycles. The van der Waals surface area contributed by atoms with Gasteiger partial charge in [0.1, 0.15) is 12.3 Å². The van der Waals surface area contributed by atoms with E-state index >= 15 is 0 Å². The summed E-state index contributed by atoms with van der Waals surface area (Å²) in [6, 6.07) is 9.37. The molecule has 31 heavy (non-hydrogen) atoms. The minimum atomic E-state index is -0.861. The van der Waals surface area contributed by atoms with Gasteiger partial charge in [-0.15, -0.1) is 0 Å². The van der Waals surface area contributed by atoms with Gasteiger partial charge in [0.15, 0.2) is 0 Å². The average molecular weight is 432 g/mol. The van der Waals surface area contributed by atoms with Gasteiger partial charge < -0.3 is 14.2 Å². The standard InChI is InChI=1S/C25H37NO5/c1-7-12-20(23(27)29-8-2)16-22-21(15-18(3)4)26(25(5,6)31-22)24(28)30-17-19-13-10-9-11-14-19/h9-11,13-14,16,18,21-22H,7-8,12,15,17H2,1-6H3. The molecule has 2 atom stereocenters. The Balaban J connectivity index is 2.28. The van der Waals surface area contributed by atoms with Crippen LogP contribution in [0.25, 0.3) is 0 Å². The van der Waals surface area contributed by atoms with Crippen LogP contribution < -0.4 is 0 Å². The zero-order chi connectivity index (χ0) is 23.0. The van der Waals surface area contributed by atoms with Gasteiger partial charge in [-0.1, -0.05) is 57.5 Å². The molecule has 0 spiro atoms. The van der Waals surface area contributed by atoms with Crippen LogP contribution >= 0.6 is 0 Å². The largest absolute Gasteiger partial charge is 0.463 e. The molecular formula is C25H37NO5. The van der Waals surface area contributed by atoms with Gasteiger partial charge in [0.2, 0.25) is 0 Å². The Kier molecular flexibility index (Phi) is 9.11. The second-order valence-electron chi connectivity index (χ2n) is 8.80. The monoisotopic (exact) mass is 431 g/mol. The summed E-state index contributed by atoms with van der Waals surface area (Å²) >= 11 is 0. The Bertz CT molecular complexity index is 756. The van der Waals surface area contributed by atoms with Crippen molar-refractivity contribution in [3.8, 4) is 0 Å². The van der Waals surface area contributed by atoms with Crippen molar-refractivity contribution < 1.29 is 23.8 Å². The first kappa shape index (κ1) is 24.9. The molecule has 2 unspecified atom stereocenters. The third-order valence-electron chi connectivity index (χ3n) is 5.25. The molecule has 6 nitrogen and oxygen atoms in total. The van der Waals surface area contributed by atoms with Gasteiger partial charge in [-0.2, -0.15) is 0 Å². The maximum Gasteiger partial charge on any atom is 0.412 e. The summed E-state index contributed by atoms with van der Waals surface area (Å²) in [7, 11) is 0. The van der Waals surface area contributed by atoms with Crippen molar-refractivity contribution in [3.63, 3.8) is 0 Å². The van der Waals surface area contributed by atoms with Crippen LogP contribution in [0, 0.1) is 5.92 Å². The number of nitrogens with zero attached hydrogens (tertiary/aromatic N) is 1. The third-order valence-corrected chi connectivity index (χ3v) is 5.25. The summed E-state index contributed by atoms with van der Waals surface area (Å²) in [5.41, 5.74) is 0.664. The van der Waals surface area contributed by atoms with Crippen molar-refractivity contribution in [2.24, 2.45) is 5.92 Å². The number of hydrogen-bond acceptors (Lipinski definition) is 5. The Morgan fingerprint density at radius 3 is 2.42 bits per heavy atom. The molecular weight excluding hydrogens is 394 g/mol. The van der Waals surface area contributed by atoms with Crippen molar-refractivity contribution >= 4 is 12.1 Å². The smallest absolute Gasteiger partial charge is 0.412 e. The second kappa shape index (κ2) is 11.3. The predicted molar refractivity (Wildman–Crippen MR) is 120 cm³/mol. The summed E-state index contributed by atoms with van der Waals surface area (Å²) in [5, 5.41) is 0. The fourth-order valence-corrected chi connectivity index (χ4v) is 3.97. The number of benzene rings is 1. The van der Waals surface area contributed by atoms with Crippen LogP contribution in [0.2, 0.25) is 0 Å². The lowest BCUT2D eigenvalue weighted by atomic mass is 9.96. The van der Waals surface area contributed by atoms with E-state index in [0.717, 1.165) is 18.4 Å². The number of ether oxygens (including phenoxy) is 3. The fraction of sp³-hybridized carbons (Fsp3) is 0.600. The van der Waals surface area contributed by atoms with Crippen molar-refractivity contribution in [1.82, 2.24) is 4.90 Å². The highest BCUT2D eigenvalue weighted by molar-refractivity contribution is 5.88. The van der Waals surface area contributed by atoms with Crippen LogP contribution in [0.5, 0.6) is 0 Å². The molecule has 0 aliphatic carbocycles. The van der Waals surface area contributed by atoms with Gasteiger partial charge in [-0.05, 0) is 51.2 Å². The number of hydrogen-bond donors (Lipinski definition) is 0. The Labute approximate surface area is 186 Å². The SMILES string of the molecule is CCCC(=CC1OC(C)(C)N(C(=O)OCc2ccccc2)C1CC(C)C)C(=O)OCC. The van der Waals surface area contributed by atoms with E-state index < -0.39 is 17.9 Å². The van der Waals surface area contributed by atoms with Gasteiger partial charge in [0.05, 0.1) is 18.8 Å². The van der Waals surface area contributed by atoms with Gasteiger partial charge >= 0.3 is 12.1 Å². The Morgan fingerprint density at radius 2 is 1.84 bits per heavy atom. The molecule has 1 aromatic rings. The summed E-state index contributed by atoms with van der Waals surface area (Å²) in [5.74, 6) is 0.0131. The van der Waals surface area contributed by atoms with Crippen molar-refractivity contribution in [2.75, 3.05) is 6.61 Å². The van der Waals surface area contributed by atoms with Crippen LogP contribution in [-0.2, 0) is 25.6 Å². The van der Waals surface area contributed by atoms with Crippen molar-refractivity contribution in [3.05, 3.63) is 47.5 Å². The summed E-state index contributed by atoms with van der Waals surface area (Å²) < 4.78 is 17.2. The van der Waals surface area contributed by atoms with Crippen LogP contribution in [0.15, 0.2) is 42.0 Å². The van der Waals surface area contributed by atoms with E-state index in [9.17, 15) is 9.59 Å². The molecule has 0 aromatic heterocycles.